The van der Waals surface area contributed by atoms with Crippen LogP contribution in [0.2, 0.25) is 0 Å². The van der Waals surface area contributed by atoms with E-state index in [0.29, 0.717) is 6.42 Å². The maximum absolute atomic E-state index is 12.4. The first-order valence-electron chi connectivity index (χ1n) is 8.43. The summed E-state index contributed by atoms with van der Waals surface area (Å²) in [5.41, 5.74) is 1.85. The van der Waals surface area contributed by atoms with Crippen LogP contribution >= 0.6 is 11.3 Å². The predicted octanol–water partition coefficient (Wildman–Crippen LogP) is 1.84. The summed E-state index contributed by atoms with van der Waals surface area (Å²) in [6.45, 7) is 0. The Morgan fingerprint density at radius 3 is 2.69 bits per heavy atom. The molecule has 26 heavy (non-hydrogen) atoms. The molecule has 0 saturated carbocycles. The van der Waals surface area contributed by atoms with E-state index in [9.17, 15) is 14.6 Å². The zero-order valence-electron chi connectivity index (χ0n) is 14.1. The Labute approximate surface area is 156 Å². The number of thiophene rings is 1. The van der Waals surface area contributed by atoms with Gasteiger partial charge in [-0.3, -0.25) is 9.59 Å². The van der Waals surface area contributed by atoms with Crippen LogP contribution in [0.3, 0.4) is 0 Å². The molecule has 1 aromatic carbocycles. The van der Waals surface area contributed by atoms with Gasteiger partial charge in [0, 0.05) is 5.92 Å². The van der Waals surface area contributed by atoms with Crippen molar-refractivity contribution in [3.8, 4) is 0 Å². The summed E-state index contributed by atoms with van der Waals surface area (Å²) in [4.78, 5) is 23.4. The molecule has 1 fully saturated rings. The van der Waals surface area contributed by atoms with E-state index >= 15 is 0 Å². The summed E-state index contributed by atoms with van der Waals surface area (Å²) in [7, 11) is -1.26. The molecule has 6 nitrogen and oxygen atoms in total. The molecular weight excluding hydrogens is 353 g/mol. The van der Waals surface area contributed by atoms with Crippen LogP contribution in [-0.2, 0) is 20.7 Å². The second kappa shape index (κ2) is 8.48. The maximum atomic E-state index is 12.4. The van der Waals surface area contributed by atoms with Gasteiger partial charge in [-0.1, -0.05) is 30.3 Å². The Hall–Kier alpha value is -2.16. The van der Waals surface area contributed by atoms with Gasteiger partial charge in [0.05, 0.1) is 24.9 Å². The molecule has 3 N–H and O–H groups in total. The molecule has 3 unspecified atom stereocenters. The summed E-state index contributed by atoms with van der Waals surface area (Å²) in [6, 6.07) is 11.4. The first-order chi connectivity index (χ1) is 12.5. The summed E-state index contributed by atoms with van der Waals surface area (Å²) in [6.07, 6.45) is -0.141. The van der Waals surface area contributed by atoms with E-state index in [-0.39, 0.29) is 24.7 Å². The second-order valence-corrected chi connectivity index (χ2v) is 7.18. The number of nitrogens with one attached hydrogen (secondary N) is 1. The minimum atomic E-state index is -1.26. The lowest BCUT2D eigenvalue weighted by Crippen LogP contribution is -2.57. The number of hydrogen-bond donors (Lipinski definition) is 3. The number of amides is 1. The average molecular weight is 373 g/mol. The zero-order valence-corrected chi connectivity index (χ0v) is 14.9. The van der Waals surface area contributed by atoms with Gasteiger partial charge in [0.2, 0.25) is 5.91 Å². The van der Waals surface area contributed by atoms with Crippen molar-refractivity contribution in [3.05, 3.63) is 58.3 Å². The number of carboxylic acids is 1. The third-order valence-electron chi connectivity index (χ3n) is 4.49. The second-order valence-electron chi connectivity index (χ2n) is 6.40. The number of rotatable bonds is 6. The summed E-state index contributed by atoms with van der Waals surface area (Å²) in [5, 5.41) is 26.2. The molecule has 0 spiro atoms. The normalized spacial score (nSPS) is 22.8. The van der Waals surface area contributed by atoms with Crippen molar-refractivity contribution in [2.45, 2.75) is 37.2 Å². The quantitative estimate of drug-likeness (QED) is 0.672. The van der Waals surface area contributed by atoms with Crippen LogP contribution in [0.15, 0.2) is 47.2 Å². The Morgan fingerprint density at radius 2 is 2.04 bits per heavy atom. The van der Waals surface area contributed by atoms with Crippen LogP contribution in [0, 0.1) is 0 Å². The molecule has 2 heterocycles. The zero-order chi connectivity index (χ0) is 18.5. The third kappa shape index (κ3) is 4.72. The van der Waals surface area contributed by atoms with Gasteiger partial charge in [0.1, 0.15) is 0 Å². The van der Waals surface area contributed by atoms with Crippen molar-refractivity contribution < 1.29 is 24.4 Å². The van der Waals surface area contributed by atoms with Crippen molar-refractivity contribution in [2.75, 3.05) is 0 Å². The lowest BCUT2D eigenvalue weighted by atomic mass is 9.64. The Bertz CT molecular complexity index is 739. The van der Waals surface area contributed by atoms with E-state index in [1.807, 2.05) is 47.2 Å². The molecule has 1 saturated heterocycles. The Morgan fingerprint density at radius 1 is 1.27 bits per heavy atom. The molecule has 8 heteroatoms. The molecule has 1 aliphatic rings. The highest BCUT2D eigenvalue weighted by Gasteiger charge is 2.43. The standard InChI is InChI=1S/C18H20BNO5S/c21-16(8-12-6-7-26-11-12)20-18-15(13-4-2-1-3-5-13)9-14(10-17(22)23)25-19(18)24/h1-7,11,14-15,18,24H,8-10H2,(H,20,21)(H,22,23). The third-order valence-corrected chi connectivity index (χ3v) is 5.22. The lowest BCUT2D eigenvalue weighted by molar-refractivity contribution is -0.139. The average Bonchev–Trinajstić information content (AvgIpc) is 3.10. The summed E-state index contributed by atoms with van der Waals surface area (Å²) >= 11 is 1.52. The predicted molar refractivity (Wildman–Crippen MR) is 98.9 cm³/mol. The van der Waals surface area contributed by atoms with Gasteiger partial charge >= 0.3 is 13.1 Å². The molecular formula is C18H20BNO5S. The molecule has 2 aromatic rings. The fourth-order valence-corrected chi connectivity index (χ4v) is 3.99. The van der Waals surface area contributed by atoms with Crippen LogP contribution in [0.5, 0.6) is 0 Å². The molecule has 3 atom stereocenters. The van der Waals surface area contributed by atoms with Crippen LogP contribution in [-0.4, -0.2) is 41.2 Å². The van der Waals surface area contributed by atoms with Gasteiger partial charge in [0.15, 0.2) is 0 Å². The van der Waals surface area contributed by atoms with E-state index in [0.717, 1.165) is 11.1 Å². The van der Waals surface area contributed by atoms with Crippen LogP contribution in [0.4, 0.5) is 0 Å². The Balaban J connectivity index is 1.76. The highest BCUT2D eigenvalue weighted by Crippen LogP contribution is 2.33. The lowest BCUT2D eigenvalue weighted by Gasteiger charge is -2.38. The van der Waals surface area contributed by atoms with Gasteiger partial charge in [-0.15, -0.1) is 0 Å². The van der Waals surface area contributed by atoms with E-state index in [1.54, 1.807) is 0 Å². The van der Waals surface area contributed by atoms with Crippen LogP contribution in [0.1, 0.15) is 29.9 Å². The van der Waals surface area contributed by atoms with Crippen LogP contribution in [0.25, 0.3) is 0 Å². The largest absolute Gasteiger partial charge is 0.481 e. The van der Waals surface area contributed by atoms with Gasteiger partial charge < -0.3 is 20.1 Å². The number of carbonyl (C=O) groups excluding carboxylic acids is 1. The molecule has 0 radical (unpaired) electrons. The minimum Gasteiger partial charge on any atom is -0.481 e. The molecule has 3 rings (SSSR count). The van der Waals surface area contributed by atoms with E-state index < -0.39 is 25.1 Å². The van der Waals surface area contributed by atoms with Gasteiger partial charge in [-0.25, -0.2) is 0 Å². The van der Waals surface area contributed by atoms with Crippen molar-refractivity contribution in [1.29, 1.82) is 0 Å². The molecule has 0 aliphatic carbocycles. The van der Waals surface area contributed by atoms with Gasteiger partial charge in [-0.2, -0.15) is 11.3 Å². The van der Waals surface area contributed by atoms with Crippen LogP contribution < -0.4 is 5.32 Å². The SMILES string of the molecule is O=C(O)CC1CC(c2ccccc2)C(NC(=O)Cc2ccsc2)B(O)O1. The molecule has 0 bridgehead atoms. The topological polar surface area (TPSA) is 95.9 Å². The van der Waals surface area contributed by atoms with Crippen molar-refractivity contribution in [1.82, 2.24) is 5.32 Å². The highest BCUT2D eigenvalue weighted by atomic mass is 32.1. The Kier molecular flexibility index (Phi) is 6.08. The smallest absolute Gasteiger partial charge is 0.479 e. The number of benzene rings is 1. The fourth-order valence-electron chi connectivity index (χ4n) is 3.32. The minimum absolute atomic E-state index is 0.185. The number of aliphatic carboxylic acids is 1. The summed E-state index contributed by atoms with van der Waals surface area (Å²) in [5.74, 6) is -2.04. The van der Waals surface area contributed by atoms with E-state index in [4.69, 9.17) is 9.76 Å². The maximum Gasteiger partial charge on any atom is 0.479 e. The van der Waals surface area contributed by atoms with E-state index in [1.165, 1.54) is 11.3 Å². The number of carbonyl (C=O) groups is 2. The molecule has 1 aliphatic heterocycles. The number of carboxylic acid groups (broad SMARTS) is 1. The first-order valence-corrected chi connectivity index (χ1v) is 9.38. The van der Waals surface area contributed by atoms with Gasteiger partial charge in [-0.05, 0) is 34.4 Å². The van der Waals surface area contributed by atoms with E-state index in [2.05, 4.69) is 5.32 Å². The van der Waals surface area contributed by atoms with Crippen molar-refractivity contribution in [2.24, 2.45) is 0 Å². The van der Waals surface area contributed by atoms with Gasteiger partial charge in [0.25, 0.3) is 0 Å². The fraction of sp³-hybridized carbons (Fsp3) is 0.333. The summed E-state index contributed by atoms with van der Waals surface area (Å²) < 4.78 is 5.46. The van der Waals surface area contributed by atoms with Crippen molar-refractivity contribution >= 4 is 30.3 Å². The van der Waals surface area contributed by atoms with Crippen molar-refractivity contribution in [3.63, 3.8) is 0 Å². The molecule has 1 aromatic heterocycles. The molecule has 136 valence electrons. The number of hydrogen-bond acceptors (Lipinski definition) is 5. The monoisotopic (exact) mass is 373 g/mol. The highest BCUT2D eigenvalue weighted by molar-refractivity contribution is 7.08. The first kappa shape index (κ1) is 18.6. The molecule has 1 amide bonds.